The van der Waals surface area contributed by atoms with Crippen LogP contribution < -0.4 is 21.9 Å². The van der Waals surface area contributed by atoms with Crippen LogP contribution in [0.5, 0.6) is 5.88 Å². The van der Waals surface area contributed by atoms with Crippen LogP contribution in [0.25, 0.3) is 0 Å². The van der Waals surface area contributed by atoms with Crippen LogP contribution >= 0.6 is 0 Å². The number of aromatic hydroxyl groups is 1. The molecule has 0 bridgehead atoms. The van der Waals surface area contributed by atoms with Crippen LogP contribution in [0, 0.1) is 0 Å². The lowest BCUT2D eigenvalue weighted by molar-refractivity contribution is 0.0946. The number of hydrogen-bond donors (Lipinski definition) is 3. The number of rotatable bonds is 4. The van der Waals surface area contributed by atoms with Gasteiger partial charge in [0.25, 0.3) is 11.5 Å². The van der Waals surface area contributed by atoms with Crippen LogP contribution in [0.2, 0.25) is 0 Å². The lowest BCUT2D eigenvalue weighted by Gasteiger charge is -2.29. The van der Waals surface area contributed by atoms with Gasteiger partial charge in [0.2, 0.25) is 5.88 Å². The smallest absolute Gasteiger partial charge is 0.334 e. The van der Waals surface area contributed by atoms with Crippen molar-refractivity contribution in [2.45, 2.75) is 64.0 Å². The summed E-state index contributed by atoms with van der Waals surface area (Å²) in [6.45, 7) is 3.48. The summed E-state index contributed by atoms with van der Waals surface area (Å²) < 4.78 is 2.48. The van der Waals surface area contributed by atoms with Gasteiger partial charge in [0.1, 0.15) is 0 Å². The fourth-order valence-electron chi connectivity index (χ4n) is 4.12. The largest absolute Gasteiger partial charge is 0.494 e. The molecule has 1 aromatic rings. The first-order valence-corrected chi connectivity index (χ1v) is 9.65. The van der Waals surface area contributed by atoms with Gasteiger partial charge in [0.05, 0.1) is 6.04 Å². The van der Waals surface area contributed by atoms with Gasteiger partial charge in [-0.05, 0) is 39.2 Å². The minimum atomic E-state index is -0.676. The summed E-state index contributed by atoms with van der Waals surface area (Å²) >= 11 is 0. The molecule has 1 saturated heterocycles. The highest BCUT2D eigenvalue weighted by atomic mass is 16.3. The summed E-state index contributed by atoms with van der Waals surface area (Å²) in [4.78, 5) is 38.6. The number of carbonyl (C=O) groups is 1. The van der Waals surface area contributed by atoms with Crippen molar-refractivity contribution >= 4 is 5.91 Å². The second kappa shape index (κ2) is 8.07. The number of piperidine rings is 1. The number of carbonyl (C=O) groups excluding carboxylic acids is 1. The Kier molecular flexibility index (Phi) is 5.80. The van der Waals surface area contributed by atoms with E-state index >= 15 is 0 Å². The first-order valence-electron chi connectivity index (χ1n) is 9.65. The monoisotopic (exact) mass is 364 g/mol. The molecule has 3 rings (SSSR count). The maximum absolute atomic E-state index is 13.1. The fourth-order valence-corrected chi connectivity index (χ4v) is 4.12. The zero-order valence-electron chi connectivity index (χ0n) is 15.3. The summed E-state index contributed by atoms with van der Waals surface area (Å²) in [7, 11) is 0. The number of hydrogen-bond acceptors (Lipinski definition) is 5. The lowest BCUT2D eigenvalue weighted by Crippen LogP contribution is -2.49. The quantitative estimate of drug-likeness (QED) is 0.736. The highest BCUT2D eigenvalue weighted by Gasteiger charge is 2.31. The molecule has 1 aliphatic carbocycles. The molecule has 26 heavy (non-hydrogen) atoms. The molecule has 1 saturated carbocycles. The van der Waals surface area contributed by atoms with E-state index in [1.165, 1.54) is 9.13 Å². The Hall–Kier alpha value is -2.09. The summed E-state index contributed by atoms with van der Waals surface area (Å²) in [5.74, 6) is -1.14. The van der Waals surface area contributed by atoms with Gasteiger partial charge >= 0.3 is 5.69 Å². The van der Waals surface area contributed by atoms with Crippen LogP contribution in [0.15, 0.2) is 9.59 Å². The predicted octanol–water partition coefficient (Wildman–Crippen LogP) is 0.895. The van der Waals surface area contributed by atoms with Gasteiger partial charge in [0.15, 0.2) is 5.56 Å². The van der Waals surface area contributed by atoms with Crippen molar-refractivity contribution in [1.82, 2.24) is 19.8 Å². The molecular formula is C18H28N4O4. The number of amides is 1. The molecule has 2 aliphatic rings. The normalized spacial score (nSPS) is 21.5. The minimum Gasteiger partial charge on any atom is -0.494 e. The fraction of sp³-hybridized carbons (Fsp3) is 0.722. The Bertz CT molecular complexity index is 771. The van der Waals surface area contributed by atoms with Crippen molar-refractivity contribution in [2.24, 2.45) is 0 Å². The highest BCUT2D eigenvalue weighted by Crippen LogP contribution is 2.28. The van der Waals surface area contributed by atoms with E-state index in [9.17, 15) is 19.5 Å². The third-order valence-electron chi connectivity index (χ3n) is 5.44. The molecule has 1 unspecified atom stereocenters. The van der Waals surface area contributed by atoms with Crippen LogP contribution in [0.3, 0.4) is 0 Å². The number of nitrogens with one attached hydrogen (secondary N) is 2. The molecule has 144 valence electrons. The van der Waals surface area contributed by atoms with E-state index in [2.05, 4.69) is 10.6 Å². The zero-order valence-corrected chi connectivity index (χ0v) is 15.3. The average molecular weight is 364 g/mol. The van der Waals surface area contributed by atoms with Crippen molar-refractivity contribution in [2.75, 3.05) is 19.6 Å². The van der Waals surface area contributed by atoms with Crippen LogP contribution in [-0.4, -0.2) is 39.8 Å². The van der Waals surface area contributed by atoms with Crippen LogP contribution in [0.1, 0.15) is 74.3 Å². The van der Waals surface area contributed by atoms with E-state index in [1.54, 1.807) is 6.92 Å². The first-order chi connectivity index (χ1) is 12.6. The Morgan fingerprint density at radius 1 is 1.12 bits per heavy atom. The van der Waals surface area contributed by atoms with E-state index in [0.717, 1.165) is 51.5 Å². The summed E-state index contributed by atoms with van der Waals surface area (Å²) in [5.41, 5.74) is -1.49. The summed E-state index contributed by atoms with van der Waals surface area (Å²) in [5, 5.41) is 16.5. The molecule has 0 radical (unpaired) electrons. The van der Waals surface area contributed by atoms with Gasteiger partial charge in [-0.1, -0.05) is 19.3 Å². The summed E-state index contributed by atoms with van der Waals surface area (Å²) in [6, 6.07) is -0.472. The van der Waals surface area contributed by atoms with Gasteiger partial charge in [-0.2, -0.15) is 0 Å². The highest BCUT2D eigenvalue weighted by molar-refractivity contribution is 5.95. The first kappa shape index (κ1) is 18.7. The van der Waals surface area contributed by atoms with E-state index in [1.807, 2.05) is 0 Å². The molecule has 1 aliphatic heterocycles. The Morgan fingerprint density at radius 3 is 2.42 bits per heavy atom. The number of aromatic nitrogens is 2. The maximum Gasteiger partial charge on any atom is 0.334 e. The molecule has 1 aromatic heterocycles. The molecule has 1 amide bonds. The molecule has 0 spiro atoms. The van der Waals surface area contributed by atoms with Crippen molar-refractivity contribution in [3.05, 3.63) is 26.4 Å². The Balaban J connectivity index is 2.19. The number of nitrogens with zero attached hydrogens (tertiary/aromatic N) is 2. The van der Waals surface area contributed by atoms with Gasteiger partial charge in [-0.3, -0.25) is 18.7 Å². The van der Waals surface area contributed by atoms with Crippen molar-refractivity contribution in [3.63, 3.8) is 0 Å². The summed E-state index contributed by atoms with van der Waals surface area (Å²) in [6.07, 6.45) is 6.09. The van der Waals surface area contributed by atoms with E-state index in [-0.39, 0.29) is 17.6 Å². The molecule has 0 aromatic carbocycles. The zero-order chi connectivity index (χ0) is 18.7. The minimum absolute atomic E-state index is 0.208. The maximum atomic E-state index is 13.1. The Labute approximate surface area is 152 Å². The van der Waals surface area contributed by atoms with Crippen molar-refractivity contribution in [1.29, 1.82) is 0 Å². The van der Waals surface area contributed by atoms with Gasteiger partial charge in [-0.25, -0.2) is 4.79 Å². The van der Waals surface area contributed by atoms with E-state index in [4.69, 9.17) is 0 Å². The van der Waals surface area contributed by atoms with Crippen LogP contribution in [-0.2, 0) is 0 Å². The van der Waals surface area contributed by atoms with Gasteiger partial charge in [0, 0.05) is 19.1 Å². The lowest BCUT2D eigenvalue weighted by atomic mass is 9.95. The molecule has 8 nitrogen and oxygen atoms in total. The van der Waals surface area contributed by atoms with Crippen LogP contribution in [0.4, 0.5) is 0 Å². The van der Waals surface area contributed by atoms with Crippen molar-refractivity contribution < 1.29 is 9.90 Å². The van der Waals surface area contributed by atoms with Crippen molar-refractivity contribution in [3.8, 4) is 5.88 Å². The second-order valence-electron chi connectivity index (χ2n) is 7.18. The topological polar surface area (TPSA) is 105 Å². The Morgan fingerprint density at radius 2 is 1.81 bits per heavy atom. The second-order valence-corrected chi connectivity index (χ2v) is 7.18. The molecule has 1 atom stereocenters. The van der Waals surface area contributed by atoms with E-state index < -0.39 is 23.0 Å². The average Bonchev–Trinajstić information content (AvgIpc) is 2.63. The van der Waals surface area contributed by atoms with E-state index in [0.29, 0.717) is 13.1 Å². The van der Waals surface area contributed by atoms with Gasteiger partial charge in [-0.15, -0.1) is 0 Å². The predicted molar refractivity (Wildman–Crippen MR) is 97.9 cm³/mol. The molecule has 8 heteroatoms. The SMILES string of the molecule is CCNC(=O)c1c(O)n(C2CCCNC2)c(=O)n(C2CCCCC2)c1=O. The molecule has 3 N–H and O–H groups in total. The standard InChI is InChI=1S/C18H28N4O4/c1-2-20-15(23)14-16(24)21(12-7-4-3-5-8-12)18(26)22(17(14)25)13-9-6-10-19-11-13/h12-13,19,25H,2-11H2,1H3,(H,20,23). The molecule has 2 fully saturated rings. The molecular weight excluding hydrogens is 336 g/mol. The van der Waals surface area contributed by atoms with Gasteiger partial charge < -0.3 is 15.7 Å². The third kappa shape index (κ3) is 3.42. The third-order valence-corrected chi connectivity index (χ3v) is 5.44. The molecule has 2 heterocycles.